The van der Waals surface area contributed by atoms with Crippen molar-refractivity contribution >= 4 is 12.1 Å². The first-order valence-electron chi connectivity index (χ1n) is 2.45. The number of hydrogen-bond donors (Lipinski definition) is 3. The molecular weight excluding hydrogens is 138 g/mol. The Hall–Kier alpha value is -1.46. The van der Waals surface area contributed by atoms with E-state index in [9.17, 15) is 4.79 Å². The molecule has 0 aromatic carbocycles. The minimum absolute atomic E-state index is 0.151. The number of nitrogens with two attached hydrogens (primary N) is 1. The van der Waals surface area contributed by atoms with E-state index in [0.717, 1.165) is 0 Å². The van der Waals surface area contributed by atoms with Crippen LogP contribution < -0.4 is 11.1 Å². The minimum atomic E-state index is -0.811. The van der Waals surface area contributed by atoms with E-state index in [1.54, 1.807) is 0 Å². The molecule has 0 rings (SSSR count). The molecule has 0 aliphatic carbocycles. The Balaban J connectivity index is 3.20. The molecule has 0 aliphatic rings. The summed E-state index contributed by atoms with van der Waals surface area (Å²) in [5.74, 6) is -0.260. The van der Waals surface area contributed by atoms with E-state index in [1.165, 1.54) is 7.11 Å². The second-order valence-corrected chi connectivity index (χ2v) is 1.33. The summed E-state index contributed by atoms with van der Waals surface area (Å²) in [6.45, 7) is -0.151. The van der Waals surface area contributed by atoms with Gasteiger partial charge in [-0.05, 0) is 0 Å². The summed E-state index contributed by atoms with van der Waals surface area (Å²) in [6.07, 6.45) is -0.811. The zero-order valence-electron chi connectivity index (χ0n) is 5.51. The van der Waals surface area contributed by atoms with Crippen LogP contribution in [-0.4, -0.2) is 26.0 Å². The van der Waals surface area contributed by atoms with Crippen LogP contribution in [0.3, 0.4) is 0 Å². The van der Waals surface area contributed by atoms with Crippen LogP contribution in [0.2, 0.25) is 0 Å². The highest BCUT2D eigenvalue weighted by Crippen LogP contribution is 1.77. The van der Waals surface area contributed by atoms with Crippen molar-refractivity contribution in [2.45, 2.75) is 0 Å². The van der Waals surface area contributed by atoms with Crippen molar-refractivity contribution in [1.82, 2.24) is 5.32 Å². The Morgan fingerprint density at radius 1 is 1.80 bits per heavy atom. The van der Waals surface area contributed by atoms with Crippen molar-refractivity contribution in [3.8, 4) is 0 Å². The first-order chi connectivity index (χ1) is 4.66. The van der Waals surface area contributed by atoms with Crippen molar-refractivity contribution in [3.05, 3.63) is 0 Å². The van der Waals surface area contributed by atoms with Crippen LogP contribution in [0.1, 0.15) is 0 Å². The van der Waals surface area contributed by atoms with E-state index < -0.39 is 6.16 Å². The van der Waals surface area contributed by atoms with Crippen molar-refractivity contribution in [2.75, 3.05) is 13.8 Å². The van der Waals surface area contributed by atoms with Gasteiger partial charge < -0.3 is 20.5 Å². The summed E-state index contributed by atoms with van der Waals surface area (Å²) >= 11 is 0. The Bertz CT molecular complexity index is 136. The third kappa shape index (κ3) is 4.69. The SMILES string of the molecule is COC(=O)OCNC(=N)N. The number of carbonyl (C=O) groups excluding carboxylic acids is 1. The zero-order valence-corrected chi connectivity index (χ0v) is 5.51. The molecule has 4 N–H and O–H groups in total. The largest absolute Gasteiger partial charge is 0.509 e. The second kappa shape index (κ2) is 4.42. The number of guanidine groups is 1. The van der Waals surface area contributed by atoms with Gasteiger partial charge >= 0.3 is 6.16 Å². The van der Waals surface area contributed by atoms with Gasteiger partial charge in [0.25, 0.3) is 0 Å². The molecular formula is C4H9N3O3. The van der Waals surface area contributed by atoms with Crippen molar-refractivity contribution < 1.29 is 14.3 Å². The molecule has 6 heteroatoms. The van der Waals surface area contributed by atoms with Crippen LogP contribution in [0.5, 0.6) is 0 Å². The van der Waals surface area contributed by atoms with E-state index in [1.807, 2.05) is 0 Å². The molecule has 0 heterocycles. The van der Waals surface area contributed by atoms with Gasteiger partial charge in [0.2, 0.25) is 0 Å². The number of hydrogen-bond acceptors (Lipinski definition) is 4. The van der Waals surface area contributed by atoms with Crippen LogP contribution in [0, 0.1) is 5.41 Å². The van der Waals surface area contributed by atoms with Crippen LogP contribution >= 0.6 is 0 Å². The third-order valence-corrected chi connectivity index (χ3v) is 0.619. The number of rotatable bonds is 2. The van der Waals surface area contributed by atoms with Crippen LogP contribution in [0.15, 0.2) is 0 Å². The predicted octanol–water partition coefficient (Wildman–Crippen LogP) is -0.790. The topological polar surface area (TPSA) is 97.4 Å². The van der Waals surface area contributed by atoms with Gasteiger partial charge in [0.1, 0.15) is 0 Å². The standard InChI is InChI=1S/C4H9N3O3/c1-9-4(8)10-2-7-3(5)6/h2H2,1H3,(H4,5,6,7). The predicted molar refractivity (Wildman–Crippen MR) is 33.4 cm³/mol. The molecule has 0 aliphatic heterocycles. The highest BCUT2D eigenvalue weighted by Gasteiger charge is 1.97. The molecule has 0 aromatic rings. The van der Waals surface area contributed by atoms with E-state index >= 15 is 0 Å². The van der Waals surface area contributed by atoms with E-state index in [2.05, 4.69) is 14.8 Å². The molecule has 0 amide bonds. The fourth-order valence-electron chi connectivity index (χ4n) is 0.232. The molecule has 0 radical (unpaired) electrons. The maximum absolute atomic E-state index is 10.2. The normalized spacial score (nSPS) is 8.10. The van der Waals surface area contributed by atoms with E-state index in [0.29, 0.717) is 0 Å². The van der Waals surface area contributed by atoms with Crippen molar-refractivity contribution in [2.24, 2.45) is 5.73 Å². The zero-order chi connectivity index (χ0) is 7.98. The van der Waals surface area contributed by atoms with Gasteiger partial charge in [0.05, 0.1) is 7.11 Å². The molecule has 0 spiro atoms. The Morgan fingerprint density at radius 2 is 2.40 bits per heavy atom. The smallest absolute Gasteiger partial charge is 0.438 e. The summed E-state index contributed by atoms with van der Waals surface area (Å²) in [6, 6.07) is 0. The average Bonchev–Trinajstić information content (AvgIpc) is 1.87. The van der Waals surface area contributed by atoms with Crippen LogP contribution in [-0.2, 0) is 9.47 Å². The number of nitrogens with one attached hydrogen (secondary N) is 2. The Morgan fingerprint density at radius 3 is 2.80 bits per heavy atom. The lowest BCUT2D eigenvalue weighted by Gasteiger charge is -2.02. The van der Waals surface area contributed by atoms with Gasteiger partial charge in [0, 0.05) is 0 Å². The fourth-order valence-corrected chi connectivity index (χ4v) is 0.232. The summed E-state index contributed by atoms with van der Waals surface area (Å²) in [5, 5.41) is 8.88. The molecule has 0 unspecified atom stereocenters. The number of carbonyl (C=O) groups is 1. The molecule has 0 aromatic heterocycles. The van der Waals surface area contributed by atoms with Gasteiger partial charge in [-0.3, -0.25) is 5.41 Å². The second-order valence-electron chi connectivity index (χ2n) is 1.33. The lowest BCUT2D eigenvalue weighted by Crippen LogP contribution is -2.33. The van der Waals surface area contributed by atoms with Gasteiger partial charge in [-0.2, -0.15) is 0 Å². The maximum Gasteiger partial charge on any atom is 0.509 e. The van der Waals surface area contributed by atoms with Gasteiger partial charge in [-0.25, -0.2) is 4.79 Å². The fraction of sp³-hybridized carbons (Fsp3) is 0.500. The van der Waals surface area contributed by atoms with E-state index in [4.69, 9.17) is 11.1 Å². The number of ether oxygens (including phenoxy) is 2. The summed E-state index contributed by atoms with van der Waals surface area (Å²) in [4.78, 5) is 10.2. The first-order valence-corrected chi connectivity index (χ1v) is 2.45. The summed E-state index contributed by atoms with van der Waals surface area (Å²) in [7, 11) is 1.19. The maximum atomic E-state index is 10.2. The van der Waals surface area contributed by atoms with Crippen molar-refractivity contribution in [3.63, 3.8) is 0 Å². The molecule has 58 valence electrons. The van der Waals surface area contributed by atoms with Crippen LogP contribution in [0.4, 0.5) is 4.79 Å². The molecule has 6 nitrogen and oxygen atoms in total. The minimum Gasteiger partial charge on any atom is -0.438 e. The molecule has 0 atom stereocenters. The Kier molecular flexibility index (Phi) is 3.78. The summed E-state index contributed by atoms with van der Waals surface area (Å²) in [5.41, 5.74) is 4.86. The molecule has 10 heavy (non-hydrogen) atoms. The Labute approximate surface area is 57.8 Å². The quantitative estimate of drug-likeness (QED) is 0.206. The molecule has 0 bridgehead atoms. The summed E-state index contributed by atoms with van der Waals surface area (Å²) < 4.78 is 8.43. The van der Waals surface area contributed by atoms with Gasteiger partial charge in [0.15, 0.2) is 12.7 Å². The van der Waals surface area contributed by atoms with Gasteiger partial charge in [-0.15, -0.1) is 0 Å². The average molecular weight is 147 g/mol. The highest BCUT2D eigenvalue weighted by atomic mass is 16.7. The first kappa shape index (κ1) is 8.54. The van der Waals surface area contributed by atoms with Crippen LogP contribution in [0.25, 0.3) is 0 Å². The molecule has 0 saturated heterocycles. The lowest BCUT2D eigenvalue weighted by molar-refractivity contribution is 0.0707. The van der Waals surface area contributed by atoms with Crippen molar-refractivity contribution in [1.29, 1.82) is 5.41 Å². The number of methoxy groups -OCH3 is 1. The molecule has 0 saturated carbocycles. The monoisotopic (exact) mass is 147 g/mol. The van der Waals surface area contributed by atoms with Gasteiger partial charge in [-0.1, -0.05) is 0 Å². The lowest BCUT2D eigenvalue weighted by atomic mass is 11.0. The van der Waals surface area contributed by atoms with E-state index in [-0.39, 0.29) is 12.7 Å². The molecule has 0 fully saturated rings. The highest BCUT2D eigenvalue weighted by molar-refractivity contribution is 5.74. The third-order valence-electron chi connectivity index (χ3n) is 0.619.